The quantitative estimate of drug-likeness (QED) is 0.0458. The number of hydrogen-bond donors (Lipinski definition) is 0. The van der Waals surface area contributed by atoms with Crippen molar-refractivity contribution < 1.29 is 9.96 Å². The minimum absolute atomic E-state index is 0. The highest BCUT2D eigenvalue weighted by Crippen LogP contribution is 2.22. The molecule has 304 valence electrons. The molecule has 0 amide bonds. The first-order valence-electron chi connectivity index (χ1n) is 24.1. The Balaban J connectivity index is 0. The van der Waals surface area contributed by atoms with E-state index in [1.807, 2.05) is 0 Å². The third-order valence-electron chi connectivity index (χ3n) is 11.9. The molecule has 0 aliphatic carbocycles. The Labute approximate surface area is 319 Å². The molecule has 0 aromatic carbocycles. The summed E-state index contributed by atoms with van der Waals surface area (Å²) in [5.41, 5.74) is 0. The van der Waals surface area contributed by atoms with Gasteiger partial charge < -0.3 is 9.96 Å². The fourth-order valence-electron chi connectivity index (χ4n) is 8.41. The molecule has 2 nitrogen and oxygen atoms in total. The summed E-state index contributed by atoms with van der Waals surface area (Å²) in [6.07, 6.45) is 58.7. The van der Waals surface area contributed by atoms with Gasteiger partial charge in [-0.3, -0.25) is 0 Å². The Morgan fingerprint density at radius 1 is 0.180 bits per heavy atom. The Morgan fingerprint density at radius 3 is 0.440 bits per heavy atom. The van der Waals surface area contributed by atoms with E-state index in [0.29, 0.717) is 0 Å². The van der Waals surface area contributed by atoms with Gasteiger partial charge in [0.15, 0.2) is 0 Å². The Kier molecular flexibility index (Phi) is 46.9. The van der Waals surface area contributed by atoms with Crippen LogP contribution in [0.5, 0.6) is 0 Å². The first-order chi connectivity index (χ1) is 24.2. The lowest BCUT2D eigenvalue weighted by molar-refractivity contribution is -0.929. The van der Waals surface area contributed by atoms with E-state index in [0.717, 1.165) is 0 Å². The summed E-state index contributed by atoms with van der Waals surface area (Å²) >= 11 is 0. The maximum absolute atomic E-state index is 2.34. The van der Waals surface area contributed by atoms with E-state index in [4.69, 9.17) is 0 Å². The first kappa shape index (κ1) is 52.0. The smallest absolute Gasteiger partial charge is 0.0786 e. The summed E-state index contributed by atoms with van der Waals surface area (Å²) in [5, 5.41) is 0. The van der Waals surface area contributed by atoms with Crippen molar-refractivity contribution in [2.24, 2.45) is 0 Å². The molecule has 2 heteroatoms. The van der Waals surface area contributed by atoms with Crippen LogP contribution in [0.2, 0.25) is 0 Å². The van der Waals surface area contributed by atoms with Crippen molar-refractivity contribution in [3.05, 3.63) is 0 Å². The molecular weight excluding hydrogens is 607 g/mol. The molecule has 0 saturated carbocycles. The van der Waals surface area contributed by atoms with Crippen LogP contribution in [0, 0.1) is 0 Å². The van der Waals surface area contributed by atoms with Crippen molar-refractivity contribution in [3.63, 3.8) is 0 Å². The number of hydrogen-bond acceptors (Lipinski definition) is 1. The van der Waals surface area contributed by atoms with Crippen molar-refractivity contribution >= 4 is 0 Å². The SMILES string of the molecule is CCCCCCCCCCCC[N+](CCCCCCCCCCCC)(CCCCCCCCCCCC)CCCCCCCCCCCC.[OH-]. The first-order valence-corrected chi connectivity index (χ1v) is 24.1. The maximum atomic E-state index is 2.34. The third kappa shape index (κ3) is 39.1. The number of rotatable bonds is 44. The minimum atomic E-state index is 0. The van der Waals surface area contributed by atoms with Crippen LogP contribution in [0.4, 0.5) is 0 Å². The molecule has 0 atom stereocenters. The van der Waals surface area contributed by atoms with E-state index < -0.39 is 0 Å². The lowest BCUT2D eigenvalue weighted by Crippen LogP contribution is -2.50. The van der Waals surface area contributed by atoms with E-state index >= 15 is 0 Å². The molecule has 0 aliphatic heterocycles. The molecule has 0 rings (SSSR count). The van der Waals surface area contributed by atoms with Gasteiger partial charge in [0.25, 0.3) is 0 Å². The van der Waals surface area contributed by atoms with Crippen LogP contribution in [-0.2, 0) is 0 Å². The monoisotopic (exact) mass is 708 g/mol. The van der Waals surface area contributed by atoms with Gasteiger partial charge in [0.2, 0.25) is 0 Å². The summed E-state index contributed by atoms with van der Waals surface area (Å²) in [6, 6.07) is 0. The minimum Gasteiger partial charge on any atom is -0.870 e. The zero-order valence-corrected chi connectivity index (χ0v) is 36.0. The third-order valence-corrected chi connectivity index (χ3v) is 11.9. The largest absolute Gasteiger partial charge is 0.870 e. The predicted molar refractivity (Wildman–Crippen MR) is 229 cm³/mol. The summed E-state index contributed by atoms with van der Waals surface area (Å²) in [5.74, 6) is 0. The molecule has 0 spiro atoms. The van der Waals surface area contributed by atoms with Gasteiger partial charge in [-0.05, 0) is 51.4 Å². The van der Waals surface area contributed by atoms with Gasteiger partial charge in [-0.15, -0.1) is 0 Å². The van der Waals surface area contributed by atoms with E-state index in [1.165, 1.54) is 287 Å². The average Bonchev–Trinajstić information content (AvgIpc) is 3.11. The van der Waals surface area contributed by atoms with Crippen molar-refractivity contribution in [3.8, 4) is 0 Å². The van der Waals surface area contributed by atoms with E-state index in [2.05, 4.69) is 27.7 Å². The van der Waals surface area contributed by atoms with Crippen LogP contribution in [0.1, 0.15) is 285 Å². The summed E-state index contributed by atoms with van der Waals surface area (Å²) < 4.78 is 1.49. The van der Waals surface area contributed by atoms with Crippen LogP contribution < -0.4 is 0 Å². The van der Waals surface area contributed by atoms with Gasteiger partial charge in [-0.25, -0.2) is 0 Å². The predicted octanol–water partition coefficient (Wildman–Crippen LogP) is 17.3. The van der Waals surface area contributed by atoms with Crippen molar-refractivity contribution in [2.45, 2.75) is 285 Å². The molecule has 0 radical (unpaired) electrons. The van der Waals surface area contributed by atoms with Crippen molar-refractivity contribution in [2.75, 3.05) is 26.2 Å². The number of nitrogens with zero attached hydrogens (tertiary/aromatic N) is 1. The number of unbranched alkanes of at least 4 members (excludes halogenated alkanes) is 36. The molecule has 50 heavy (non-hydrogen) atoms. The fraction of sp³-hybridized carbons (Fsp3) is 1.00. The van der Waals surface area contributed by atoms with Gasteiger partial charge in [-0.1, -0.05) is 233 Å². The normalized spacial score (nSPS) is 11.8. The van der Waals surface area contributed by atoms with Gasteiger partial charge in [0.1, 0.15) is 0 Å². The zero-order valence-electron chi connectivity index (χ0n) is 36.0. The molecule has 0 bridgehead atoms. The molecule has 0 unspecified atom stereocenters. The lowest BCUT2D eigenvalue weighted by atomic mass is 10.0. The molecule has 0 fully saturated rings. The molecule has 0 aromatic rings. The highest BCUT2D eigenvalue weighted by Gasteiger charge is 2.25. The van der Waals surface area contributed by atoms with Crippen molar-refractivity contribution in [1.82, 2.24) is 0 Å². The van der Waals surface area contributed by atoms with E-state index in [-0.39, 0.29) is 5.48 Å². The van der Waals surface area contributed by atoms with Crippen LogP contribution in [0.25, 0.3) is 0 Å². The molecule has 0 heterocycles. The van der Waals surface area contributed by atoms with Gasteiger partial charge in [0.05, 0.1) is 26.2 Å². The summed E-state index contributed by atoms with van der Waals surface area (Å²) in [6.45, 7) is 15.3. The van der Waals surface area contributed by atoms with Gasteiger partial charge in [-0.2, -0.15) is 0 Å². The maximum Gasteiger partial charge on any atom is 0.0786 e. The fourth-order valence-corrected chi connectivity index (χ4v) is 8.41. The second-order valence-corrected chi connectivity index (χ2v) is 17.0. The van der Waals surface area contributed by atoms with E-state index in [1.54, 1.807) is 0 Å². The van der Waals surface area contributed by atoms with Crippen LogP contribution >= 0.6 is 0 Å². The molecule has 0 aromatic heterocycles. The molecule has 0 saturated heterocycles. The lowest BCUT2D eigenvalue weighted by Gasteiger charge is -2.40. The Morgan fingerprint density at radius 2 is 0.300 bits per heavy atom. The standard InChI is InChI=1S/C48H100N.H2O/c1-5-9-13-17-21-25-29-33-37-41-45-49(46-42-38-34-30-26-22-18-14-10-6-2,47-43-39-35-31-27-23-19-15-11-7-3)48-44-40-36-32-28-24-20-16-12-8-4;/h5-48H2,1-4H3;1H2/q+1;/p-1. The number of quaternary nitrogens is 1. The zero-order chi connectivity index (χ0) is 35.6. The topological polar surface area (TPSA) is 30.0 Å². The van der Waals surface area contributed by atoms with Crippen LogP contribution in [-0.4, -0.2) is 36.1 Å². The van der Waals surface area contributed by atoms with Crippen LogP contribution in [0.15, 0.2) is 0 Å². The molecule has 1 N–H and O–H groups in total. The Bertz CT molecular complexity index is 475. The van der Waals surface area contributed by atoms with Crippen LogP contribution in [0.3, 0.4) is 0 Å². The summed E-state index contributed by atoms with van der Waals surface area (Å²) in [4.78, 5) is 0. The molecule has 0 aliphatic rings. The van der Waals surface area contributed by atoms with Gasteiger partial charge >= 0.3 is 0 Å². The Hall–Kier alpha value is -0.0800. The highest BCUT2D eigenvalue weighted by molar-refractivity contribution is 4.56. The molecular formula is C48H101NO. The van der Waals surface area contributed by atoms with Gasteiger partial charge in [0, 0.05) is 0 Å². The second kappa shape index (κ2) is 45.1. The summed E-state index contributed by atoms with van der Waals surface area (Å²) in [7, 11) is 0. The van der Waals surface area contributed by atoms with Crippen molar-refractivity contribution in [1.29, 1.82) is 0 Å². The average molecular weight is 708 g/mol. The van der Waals surface area contributed by atoms with E-state index in [9.17, 15) is 0 Å². The second-order valence-electron chi connectivity index (χ2n) is 17.0. The highest BCUT2D eigenvalue weighted by atomic mass is 16.0.